The second kappa shape index (κ2) is 10.7. The number of carbonyl (C=O) groups excluding carboxylic acids is 1. The maximum absolute atomic E-state index is 12.1. The Morgan fingerprint density at radius 3 is 2.48 bits per heavy atom. The number of amides is 1. The van der Waals surface area contributed by atoms with Crippen molar-refractivity contribution in [1.29, 1.82) is 0 Å². The highest BCUT2D eigenvalue weighted by atomic mass is 35.5. The van der Waals surface area contributed by atoms with Crippen LogP contribution in [0.5, 0.6) is 5.75 Å². The number of phenolic OH excluding ortho intramolecular Hbond substituents is 1. The summed E-state index contributed by atoms with van der Waals surface area (Å²) in [5.41, 5.74) is 7.00. The minimum absolute atomic E-state index is 0. The van der Waals surface area contributed by atoms with Gasteiger partial charge in [-0.3, -0.25) is 9.69 Å². The van der Waals surface area contributed by atoms with Gasteiger partial charge in [0.1, 0.15) is 5.75 Å². The number of aromatic hydroxyl groups is 1. The molecule has 1 unspecified atom stereocenters. The van der Waals surface area contributed by atoms with Crippen molar-refractivity contribution in [2.75, 3.05) is 26.2 Å². The summed E-state index contributed by atoms with van der Waals surface area (Å²) in [7, 11) is 0. The third kappa shape index (κ3) is 6.55. The minimum Gasteiger partial charge on any atom is -0.508 e. The van der Waals surface area contributed by atoms with Crippen LogP contribution in [0.2, 0.25) is 0 Å². The molecule has 0 radical (unpaired) electrons. The van der Waals surface area contributed by atoms with Gasteiger partial charge < -0.3 is 15.7 Å². The number of nitrogens with zero attached hydrogens (tertiary/aromatic N) is 2. The summed E-state index contributed by atoms with van der Waals surface area (Å²) in [6.07, 6.45) is 1.69. The van der Waals surface area contributed by atoms with Crippen molar-refractivity contribution < 1.29 is 9.90 Å². The lowest BCUT2D eigenvalue weighted by atomic mass is 10.1. The summed E-state index contributed by atoms with van der Waals surface area (Å²) in [5.74, 6) is 0.376. The molecule has 2 rings (SSSR count). The largest absolute Gasteiger partial charge is 0.508 e. The Labute approximate surface area is 150 Å². The second-order valence-electron chi connectivity index (χ2n) is 5.67. The van der Waals surface area contributed by atoms with E-state index in [1.165, 1.54) is 0 Å². The quantitative estimate of drug-likeness (QED) is 0.839. The summed E-state index contributed by atoms with van der Waals surface area (Å²) < 4.78 is 0. The zero-order valence-corrected chi connectivity index (χ0v) is 15.1. The molecule has 1 heterocycles. The summed E-state index contributed by atoms with van der Waals surface area (Å²) >= 11 is 0. The molecule has 7 heteroatoms. The lowest BCUT2D eigenvalue weighted by molar-refractivity contribution is -0.134. The lowest BCUT2D eigenvalue weighted by Gasteiger charge is -2.36. The molecule has 1 saturated heterocycles. The van der Waals surface area contributed by atoms with Crippen LogP contribution in [0.1, 0.15) is 25.3 Å². The molecule has 23 heavy (non-hydrogen) atoms. The first-order valence-corrected chi connectivity index (χ1v) is 7.64. The van der Waals surface area contributed by atoms with Gasteiger partial charge in [-0.1, -0.05) is 25.5 Å². The number of nitrogens with two attached hydrogens (primary N) is 1. The molecule has 0 aromatic heterocycles. The normalized spacial score (nSPS) is 16.2. The Morgan fingerprint density at radius 2 is 1.91 bits per heavy atom. The number of piperazine rings is 1. The number of phenols is 1. The van der Waals surface area contributed by atoms with E-state index in [0.29, 0.717) is 5.75 Å². The smallest absolute Gasteiger partial charge is 0.239 e. The summed E-state index contributed by atoms with van der Waals surface area (Å²) in [4.78, 5) is 16.3. The highest BCUT2D eigenvalue weighted by Gasteiger charge is 2.24. The zero-order chi connectivity index (χ0) is 15.2. The summed E-state index contributed by atoms with van der Waals surface area (Å²) in [6, 6.07) is 6.97. The zero-order valence-electron chi connectivity index (χ0n) is 13.5. The van der Waals surface area contributed by atoms with Crippen molar-refractivity contribution in [2.24, 2.45) is 5.73 Å². The van der Waals surface area contributed by atoms with Crippen LogP contribution in [-0.2, 0) is 11.3 Å². The number of rotatable bonds is 5. The van der Waals surface area contributed by atoms with Crippen LogP contribution in [0.15, 0.2) is 24.3 Å². The molecular formula is C16H27Cl2N3O2. The van der Waals surface area contributed by atoms with E-state index in [1.807, 2.05) is 24.0 Å². The molecule has 1 atom stereocenters. The molecule has 1 aliphatic heterocycles. The molecule has 5 nitrogen and oxygen atoms in total. The minimum atomic E-state index is -0.354. The fourth-order valence-corrected chi connectivity index (χ4v) is 2.71. The van der Waals surface area contributed by atoms with Crippen LogP contribution in [0, 0.1) is 0 Å². The van der Waals surface area contributed by atoms with E-state index in [-0.39, 0.29) is 36.8 Å². The van der Waals surface area contributed by atoms with Gasteiger partial charge >= 0.3 is 0 Å². The van der Waals surface area contributed by atoms with E-state index in [9.17, 15) is 9.90 Å². The van der Waals surface area contributed by atoms with Crippen LogP contribution in [-0.4, -0.2) is 53.0 Å². The van der Waals surface area contributed by atoms with Gasteiger partial charge in [0, 0.05) is 32.7 Å². The van der Waals surface area contributed by atoms with Crippen LogP contribution in [0.4, 0.5) is 0 Å². The number of halogens is 2. The molecule has 3 N–H and O–H groups in total. The molecule has 0 bridgehead atoms. The summed E-state index contributed by atoms with van der Waals surface area (Å²) in [6.45, 7) is 6.00. The van der Waals surface area contributed by atoms with Crippen LogP contribution in [0.25, 0.3) is 0 Å². The highest BCUT2D eigenvalue weighted by molar-refractivity contribution is 5.85. The average Bonchev–Trinajstić information content (AvgIpc) is 2.47. The second-order valence-corrected chi connectivity index (χ2v) is 5.67. The third-order valence-corrected chi connectivity index (χ3v) is 3.92. The number of hydrogen-bond donors (Lipinski definition) is 2. The van der Waals surface area contributed by atoms with Gasteiger partial charge in [0.15, 0.2) is 0 Å². The number of benzene rings is 1. The Morgan fingerprint density at radius 1 is 1.26 bits per heavy atom. The van der Waals surface area contributed by atoms with Gasteiger partial charge in [-0.2, -0.15) is 0 Å². The fourth-order valence-electron chi connectivity index (χ4n) is 2.71. The molecule has 0 spiro atoms. The van der Waals surface area contributed by atoms with E-state index in [0.717, 1.165) is 51.1 Å². The van der Waals surface area contributed by atoms with Crippen molar-refractivity contribution in [1.82, 2.24) is 9.80 Å². The molecule has 1 aromatic rings. The van der Waals surface area contributed by atoms with Crippen LogP contribution in [0.3, 0.4) is 0 Å². The van der Waals surface area contributed by atoms with E-state index in [4.69, 9.17) is 5.73 Å². The number of hydrogen-bond acceptors (Lipinski definition) is 4. The van der Waals surface area contributed by atoms with E-state index < -0.39 is 0 Å². The van der Waals surface area contributed by atoms with E-state index in [2.05, 4.69) is 4.90 Å². The van der Waals surface area contributed by atoms with Gasteiger partial charge in [0.05, 0.1) is 6.04 Å². The van der Waals surface area contributed by atoms with Gasteiger partial charge in [-0.25, -0.2) is 0 Å². The predicted molar refractivity (Wildman–Crippen MR) is 97.3 cm³/mol. The number of carbonyl (C=O) groups is 1. The molecule has 1 aliphatic rings. The molecular weight excluding hydrogens is 337 g/mol. The molecule has 1 aromatic carbocycles. The Bertz CT molecular complexity index is 480. The van der Waals surface area contributed by atoms with Crippen LogP contribution < -0.4 is 5.73 Å². The maximum Gasteiger partial charge on any atom is 0.239 e. The third-order valence-electron chi connectivity index (χ3n) is 3.92. The van der Waals surface area contributed by atoms with E-state index in [1.54, 1.807) is 12.1 Å². The summed E-state index contributed by atoms with van der Waals surface area (Å²) in [5, 5.41) is 9.48. The first-order chi connectivity index (χ1) is 10.1. The Kier molecular flexibility index (Phi) is 10.2. The predicted octanol–water partition coefficient (Wildman–Crippen LogP) is 2.01. The molecule has 132 valence electrons. The Hall–Kier alpha value is -1.01. The highest BCUT2D eigenvalue weighted by Crippen LogP contribution is 2.14. The van der Waals surface area contributed by atoms with Gasteiger partial charge in [-0.15, -0.1) is 24.8 Å². The molecule has 0 saturated carbocycles. The van der Waals surface area contributed by atoms with Gasteiger partial charge in [0.2, 0.25) is 5.91 Å². The Balaban J connectivity index is 0.00000242. The molecule has 0 aliphatic carbocycles. The van der Waals surface area contributed by atoms with Crippen molar-refractivity contribution in [3.05, 3.63) is 29.8 Å². The standard InChI is InChI=1S/C16H25N3O2.2ClH/c1-2-4-15(17)16(21)19-9-7-18(8-10-19)12-13-5-3-6-14(20)11-13;;/h3,5-6,11,15,20H,2,4,7-10,12,17H2,1H3;2*1H. The first-order valence-electron chi connectivity index (χ1n) is 7.64. The first kappa shape index (κ1) is 22.0. The topological polar surface area (TPSA) is 69.8 Å². The maximum atomic E-state index is 12.1. The van der Waals surface area contributed by atoms with Gasteiger partial charge in [-0.05, 0) is 24.1 Å². The van der Waals surface area contributed by atoms with Crippen LogP contribution >= 0.6 is 24.8 Å². The molecule has 1 fully saturated rings. The van der Waals surface area contributed by atoms with Gasteiger partial charge in [0.25, 0.3) is 0 Å². The van der Waals surface area contributed by atoms with Crippen molar-refractivity contribution in [3.8, 4) is 5.75 Å². The van der Waals surface area contributed by atoms with Crippen molar-refractivity contribution >= 4 is 30.7 Å². The average molecular weight is 364 g/mol. The lowest BCUT2D eigenvalue weighted by Crippen LogP contribution is -2.52. The monoisotopic (exact) mass is 363 g/mol. The van der Waals surface area contributed by atoms with Crippen molar-refractivity contribution in [2.45, 2.75) is 32.4 Å². The molecule has 1 amide bonds. The van der Waals surface area contributed by atoms with Crippen molar-refractivity contribution in [3.63, 3.8) is 0 Å². The van der Waals surface area contributed by atoms with E-state index >= 15 is 0 Å². The fraction of sp³-hybridized carbons (Fsp3) is 0.562. The SMILES string of the molecule is CCCC(N)C(=O)N1CCN(Cc2cccc(O)c2)CC1.Cl.Cl.